The second kappa shape index (κ2) is 7.65. The summed E-state index contributed by atoms with van der Waals surface area (Å²) in [6.07, 6.45) is -0.870. The molecule has 0 aromatic heterocycles. The van der Waals surface area contributed by atoms with E-state index in [-0.39, 0.29) is 11.8 Å². The van der Waals surface area contributed by atoms with E-state index in [9.17, 15) is 9.59 Å². The van der Waals surface area contributed by atoms with E-state index in [4.69, 9.17) is 4.84 Å². The van der Waals surface area contributed by atoms with Crippen LogP contribution in [0.2, 0.25) is 0 Å². The maximum Gasteiger partial charge on any atom is 0.266 e. The quantitative estimate of drug-likeness (QED) is 0.436. The molecule has 3 atom stereocenters. The zero-order valence-electron chi connectivity index (χ0n) is 15.6. The maximum absolute atomic E-state index is 13.5. The number of anilines is 2. The van der Waals surface area contributed by atoms with E-state index in [1.165, 1.54) is 4.90 Å². The summed E-state index contributed by atoms with van der Waals surface area (Å²) >= 11 is 6.90. The monoisotopic (exact) mass is 526 g/mol. The Morgan fingerprint density at radius 1 is 0.733 bits per heavy atom. The van der Waals surface area contributed by atoms with Gasteiger partial charge in [0.15, 0.2) is 6.10 Å². The summed E-state index contributed by atoms with van der Waals surface area (Å²) in [6, 6.07) is 24.0. The molecule has 3 aromatic carbocycles. The normalized spacial score (nSPS) is 23.2. The van der Waals surface area contributed by atoms with Crippen LogP contribution in [0.1, 0.15) is 11.6 Å². The molecule has 7 heteroatoms. The number of carbonyl (C=O) groups excluding carboxylic acids is 2. The van der Waals surface area contributed by atoms with Gasteiger partial charge in [0.2, 0.25) is 5.91 Å². The number of carbonyl (C=O) groups is 2. The minimum atomic E-state index is -0.870. The molecule has 2 amide bonds. The second-order valence-electron chi connectivity index (χ2n) is 7.20. The zero-order valence-corrected chi connectivity index (χ0v) is 18.8. The van der Waals surface area contributed by atoms with Crippen LogP contribution in [0.25, 0.3) is 0 Å². The Morgan fingerprint density at radius 2 is 1.47 bits per heavy atom. The molecular weight excluding hydrogens is 512 g/mol. The van der Waals surface area contributed by atoms with Crippen LogP contribution in [-0.2, 0) is 14.4 Å². The van der Waals surface area contributed by atoms with Crippen molar-refractivity contribution in [3.63, 3.8) is 0 Å². The minimum Gasteiger partial charge on any atom is -0.273 e. The van der Waals surface area contributed by atoms with Gasteiger partial charge >= 0.3 is 0 Å². The van der Waals surface area contributed by atoms with Crippen molar-refractivity contribution in [3.05, 3.63) is 93.4 Å². The minimum absolute atomic E-state index is 0.254. The van der Waals surface area contributed by atoms with Crippen LogP contribution < -0.4 is 9.96 Å². The lowest BCUT2D eigenvalue weighted by atomic mass is 9.90. The highest BCUT2D eigenvalue weighted by Gasteiger charge is 2.60. The largest absolute Gasteiger partial charge is 0.273 e. The molecule has 2 fully saturated rings. The molecule has 2 saturated heterocycles. The highest BCUT2D eigenvalue weighted by molar-refractivity contribution is 9.10. The number of hydrogen-bond acceptors (Lipinski definition) is 4. The number of amides is 2. The lowest BCUT2D eigenvalue weighted by molar-refractivity contribution is -0.126. The molecule has 0 radical (unpaired) electrons. The van der Waals surface area contributed by atoms with Gasteiger partial charge in [0.1, 0.15) is 5.92 Å². The van der Waals surface area contributed by atoms with E-state index < -0.39 is 18.1 Å². The Bertz CT molecular complexity index is 1120. The Morgan fingerprint density at radius 3 is 2.17 bits per heavy atom. The van der Waals surface area contributed by atoms with Gasteiger partial charge in [-0.25, -0.2) is 9.96 Å². The van der Waals surface area contributed by atoms with Gasteiger partial charge < -0.3 is 0 Å². The molecule has 0 saturated carbocycles. The molecule has 0 N–H and O–H groups in total. The molecule has 3 aromatic rings. The van der Waals surface area contributed by atoms with Gasteiger partial charge in [0, 0.05) is 8.95 Å². The van der Waals surface area contributed by atoms with Gasteiger partial charge in [-0.05, 0) is 54.1 Å². The first kappa shape index (κ1) is 19.5. The van der Waals surface area contributed by atoms with Crippen LogP contribution in [0, 0.1) is 5.92 Å². The van der Waals surface area contributed by atoms with Gasteiger partial charge in [-0.1, -0.05) is 62.2 Å². The maximum atomic E-state index is 13.5. The molecular formula is C23H16Br2N2O3. The van der Waals surface area contributed by atoms with Crippen LogP contribution in [0.4, 0.5) is 11.4 Å². The first-order chi connectivity index (χ1) is 14.5. The molecule has 0 aliphatic carbocycles. The fourth-order valence-electron chi connectivity index (χ4n) is 4.09. The van der Waals surface area contributed by atoms with E-state index in [2.05, 4.69) is 31.9 Å². The summed E-state index contributed by atoms with van der Waals surface area (Å²) < 4.78 is 1.78. The van der Waals surface area contributed by atoms with Crippen LogP contribution in [0.5, 0.6) is 0 Å². The number of halogens is 2. The molecule has 150 valence electrons. The third-order valence-electron chi connectivity index (χ3n) is 5.40. The third kappa shape index (κ3) is 3.17. The average molecular weight is 528 g/mol. The number of fused-ring (bicyclic) bond motifs is 1. The van der Waals surface area contributed by atoms with Crippen molar-refractivity contribution in [2.45, 2.75) is 12.1 Å². The number of hydroxylamine groups is 1. The molecule has 5 nitrogen and oxygen atoms in total. The second-order valence-corrected chi connectivity index (χ2v) is 9.03. The fourth-order valence-corrected chi connectivity index (χ4v) is 4.77. The molecule has 2 aliphatic rings. The van der Waals surface area contributed by atoms with Crippen LogP contribution >= 0.6 is 31.9 Å². The smallest absolute Gasteiger partial charge is 0.266 e. The fraction of sp³-hybridized carbons (Fsp3) is 0.130. The SMILES string of the molecule is O=C1[C@@H]2[C@H](ON(c3ccccc3)[C@H]2c2cccc(Br)c2)C(=O)N1c1ccc(Br)cc1. The summed E-state index contributed by atoms with van der Waals surface area (Å²) in [5, 5.41) is 1.70. The predicted molar refractivity (Wildman–Crippen MR) is 121 cm³/mol. The zero-order chi connectivity index (χ0) is 20.8. The number of rotatable bonds is 3. The van der Waals surface area contributed by atoms with E-state index in [0.717, 1.165) is 20.2 Å². The van der Waals surface area contributed by atoms with Crippen LogP contribution in [-0.4, -0.2) is 17.9 Å². The average Bonchev–Trinajstić information content (AvgIpc) is 3.26. The van der Waals surface area contributed by atoms with Gasteiger partial charge in [0.25, 0.3) is 5.91 Å². The lowest BCUT2D eigenvalue weighted by Crippen LogP contribution is -2.37. The van der Waals surface area contributed by atoms with E-state index in [1.54, 1.807) is 17.2 Å². The van der Waals surface area contributed by atoms with Gasteiger partial charge in [-0.15, -0.1) is 0 Å². The van der Waals surface area contributed by atoms with Crippen molar-refractivity contribution >= 4 is 55.0 Å². The van der Waals surface area contributed by atoms with Crippen LogP contribution in [0.15, 0.2) is 87.8 Å². The van der Waals surface area contributed by atoms with E-state index in [1.807, 2.05) is 66.7 Å². The Hall–Kier alpha value is -2.48. The Kier molecular flexibility index (Phi) is 4.97. The van der Waals surface area contributed by atoms with Gasteiger partial charge in [-0.3, -0.25) is 14.4 Å². The third-order valence-corrected chi connectivity index (χ3v) is 6.42. The molecule has 2 heterocycles. The molecule has 2 aliphatic heterocycles. The molecule has 0 unspecified atom stereocenters. The van der Waals surface area contributed by atoms with Crippen molar-refractivity contribution in [1.29, 1.82) is 0 Å². The Labute approximate surface area is 190 Å². The predicted octanol–water partition coefficient (Wildman–Crippen LogP) is 5.26. The van der Waals surface area contributed by atoms with Gasteiger partial charge in [0.05, 0.1) is 17.4 Å². The summed E-state index contributed by atoms with van der Waals surface area (Å²) in [5.74, 6) is -1.24. The van der Waals surface area contributed by atoms with Crippen molar-refractivity contribution < 1.29 is 14.4 Å². The van der Waals surface area contributed by atoms with Crippen molar-refractivity contribution in [3.8, 4) is 0 Å². The summed E-state index contributed by atoms with van der Waals surface area (Å²) in [6.45, 7) is 0. The van der Waals surface area contributed by atoms with E-state index in [0.29, 0.717) is 5.69 Å². The number of hydrogen-bond donors (Lipinski definition) is 0. The Balaban J connectivity index is 1.59. The number of imide groups is 1. The molecule has 30 heavy (non-hydrogen) atoms. The van der Waals surface area contributed by atoms with Gasteiger partial charge in [-0.2, -0.15) is 0 Å². The van der Waals surface area contributed by atoms with E-state index >= 15 is 0 Å². The molecule has 5 rings (SSSR count). The number of nitrogens with zero attached hydrogens (tertiary/aromatic N) is 2. The first-order valence-electron chi connectivity index (χ1n) is 9.44. The van der Waals surface area contributed by atoms with Crippen molar-refractivity contribution in [2.75, 3.05) is 9.96 Å². The lowest BCUT2D eigenvalue weighted by Gasteiger charge is -2.28. The van der Waals surface area contributed by atoms with Crippen LogP contribution in [0.3, 0.4) is 0 Å². The molecule has 0 spiro atoms. The highest BCUT2D eigenvalue weighted by Crippen LogP contribution is 2.47. The summed E-state index contributed by atoms with van der Waals surface area (Å²) in [4.78, 5) is 34.1. The summed E-state index contributed by atoms with van der Waals surface area (Å²) in [7, 11) is 0. The highest BCUT2D eigenvalue weighted by atomic mass is 79.9. The van der Waals surface area contributed by atoms with Crippen molar-refractivity contribution in [1.82, 2.24) is 0 Å². The number of para-hydroxylation sites is 1. The summed E-state index contributed by atoms with van der Waals surface area (Å²) in [5.41, 5.74) is 2.25. The topological polar surface area (TPSA) is 49.9 Å². The standard InChI is InChI=1S/C23H16Br2N2O3/c24-15-9-11-17(12-10-15)26-22(28)19-20(14-5-4-6-16(25)13-14)27(30-21(19)23(26)29)18-7-2-1-3-8-18/h1-13,19-21H/t19-,20-,21-/m0/s1. The van der Waals surface area contributed by atoms with Crippen molar-refractivity contribution in [2.24, 2.45) is 5.92 Å². The molecule has 0 bridgehead atoms. The number of benzene rings is 3. The first-order valence-corrected chi connectivity index (χ1v) is 11.0.